The minimum absolute atomic E-state index is 0.171. The molecule has 0 bridgehead atoms. The predicted molar refractivity (Wildman–Crippen MR) is 108 cm³/mol. The molecular formula is C21H24N4O4. The molecule has 0 spiro atoms. The van der Waals surface area contributed by atoms with E-state index in [1.807, 2.05) is 0 Å². The van der Waals surface area contributed by atoms with E-state index in [0.717, 1.165) is 0 Å². The molecule has 2 aromatic rings. The number of carbonyl (C=O) groups is 3. The van der Waals surface area contributed by atoms with E-state index >= 15 is 0 Å². The number of ether oxygens (including phenoxy) is 1. The average Bonchev–Trinajstić information content (AvgIpc) is 2.70. The van der Waals surface area contributed by atoms with Crippen molar-refractivity contribution in [1.82, 2.24) is 10.3 Å². The van der Waals surface area contributed by atoms with Crippen LogP contribution in [0.5, 0.6) is 0 Å². The number of carbonyl (C=O) groups excluding carboxylic acids is 3. The van der Waals surface area contributed by atoms with Crippen LogP contribution in [0.2, 0.25) is 0 Å². The van der Waals surface area contributed by atoms with Crippen molar-refractivity contribution < 1.29 is 19.1 Å². The Morgan fingerprint density at radius 3 is 2.31 bits per heavy atom. The first-order chi connectivity index (χ1) is 13.7. The largest absolute Gasteiger partial charge is 0.391 e. The average molecular weight is 396 g/mol. The van der Waals surface area contributed by atoms with Crippen LogP contribution in [0.1, 0.15) is 37.9 Å². The summed E-state index contributed by atoms with van der Waals surface area (Å²) < 4.78 is 4.97. The minimum atomic E-state index is -1.15. The first-order valence-electron chi connectivity index (χ1n) is 8.99. The highest BCUT2D eigenvalue weighted by atomic mass is 16.6. The number of amidine groups is 1. The van der Waals surface area contributed by atoms with Gasteiger partial charge >= 0.3 is 11.9 Å². The fourth-order valence-electron chi connectivity index (χ4n) is 2.20. The third kappa shape index (κ3) is 6.53. The number of aromatic nitrogens is 1. The fraction of sp³-hybridized carbons (Fsp3) is 0.286. The van der Waals surface area contributed by atoms with Gasteiger partial charge in [-0.3, -0.25) is 19.6 Å². The second-order valence-corrected chi connectivity index (χ2v) is 7.31. The van der Waals surface area contributed by atoms with Gasteiger partial charge in [0, 0.05) is 18.0 Å². The number of rotatable bonds is 6. The maximum Gasteiger partial charge on any atom is 0.341 e. The van der Waals surface area contributed by atoms with Crippen molar-refractivity contribution >= 4 is 23.7 Å². The smallest absolute Gasteiger partial charge is 0.341 e. The van der Waals surface area contributed by atoms with Gasteiger partial charge in [0.25, 0.3) is 0 Å². The van der Waals surface area contributed by atoms with Crippen LogP contribution in [-0.4, -0.2) is 35.2 Å². The number of hydrogen-bond donors (Lipinski definition) is 2. The van der Waals surface area contributed by atoms with Crippen LogP contribution >= 0.6 is 0 Å². The van der Waals surface area contributed by atoms with E-state index in [4.69, 9.17) is 10.5 Å². The second kappa shape index (κ2) is 9.59. The van der Waals surface area contributed by atoms with Crippen LogP contribution in [0, 0.1) is 5.41 Å². The third-order valence-corrected chi connectivity index (χ3v) is 3.85. The van der Waals surface area contributed by atoms with Crippen LogP contribution in [0.25, 0.3) is 0 Å². The topological polar surface area (TPSA) is 124 Å². The zero-order valence-electron chi connectivity index (χ0n) is 16.6. The predicted octanol–water partition coefficient (Wildman–Crippen LogP) is 1.76. The Hall–Kier alpha value is -3.55. The molecule has 3 N–H and O–H groups in total. The summed E-state index contributed by atoms with van der Waals surface area (Å²) in [4.78, 5) is 44.9. The molecule has 1 atom stereocenters. The van der Waals surface area contributed by atoms with Gasteiger partial charge in [0.15, 0.2) is 6.04 Å². The summed E-state index contributed by atoms with van der Waals surface area (Å²) in [5, 5.41) is 2.56. The normalized spacial score (nSPS) is 12.7. The SMILES string of the molecule is CC(C)(C)C(=O)OC(=O)[C@H](NC(=O)CN=C(N)c1ccncc1)c1ccccc1. The van der Waals surface area contributed by atoms with Gasteiger partial charge in [-0.1, -0.05) is 30.3 Å². The van der Waals surface area contributed by atoms with Crippen LogP contribution < -0.4 is 11.1 Å². The van der Waals surface area contributed by atoms with Gasteiger partial charge in [-0.05, 0) is 38.5 Å². The minimum Gasteiger partial charge on any atom is -0.391 e. The second-order valence-electron chi connectivity index (χ2n) is 7.31. The molecule has 0 saturated heterocycles. The molecule has 8 heteroatoms. The van der Waals surface area contributed by atoms with E-state index in [-0.39, 0.29) is 12.4 Å². The zero-order chi connectivity index (χ0) is 21.4. The number of pyridine rings is 1. The molecule has 0 unspecified atom stereocenters. The molecule has 0 radical (unpaired) electrons. The van der Waals surface area contributed by atoms with E-state index in [1.165, 1.54) is 0 Å². The molecule has 0 aliphatic rings. The van der Waals surface area contributed by atoms with Crippen molar-refractivity contribution in [1.29, 1.82) is 0 Å². The highest BCUT2D eigenvalue weighted by Crippen LogP contribution is 2.19. The number of esters is 2. The highest BCUT2D eigenvalue weighted by Gasteiger charge is 2.31. The molecule has 1 aromatic carbocycles. The summed E-state index contributed by atoms with van der Waals surface area (Å²) in [6.45, 7) is 4.61. The van der Waals surface area contributed by atoms with Crippen LogP contribution in [0.4, 0.5) is 0 Å². The van der Waals surface area contributed by atoms with Crippen molar-refractivity contribution in [2.75, 3.05) is 6.54 Å². The molecule has 29 heavy (non-hydrogen) atoms. The van der Waals surface area contributed by atoms with Gasteiger partial charge in [0.2, 0.25) is 5.91 Å². The molecule has 2 rings (SSSR count). The van der Waals surface area contributed by atoms with Gasteiger partial charge in [0.05, 0.1) is 5.41 Å². The molecule has 1 amide bonds. The lowest BCUT2D eigenvalue weighted by molar-refractivity contribution is -0.167. The summed E-state index contributed by atoms with van der Waals surface area (Å²) in [5.74, 6) is -1.92. The number of nitrogens with two attached hydrogens (primary N) is 1. The van der Waals surface area contributed by atoms with Gasteiger partial charge < -0.3 is 15.8 Å². The third-order valence-electron chi connectivity index (χ3n) is 3.85. The van der Waals surface area contributed by atoms with Crippen molar-refractivity contribution in [3.8, 4) is 0 Å². The fourth-order valence-corrected chi connectivity index (χ4v) is 2.20. The summed E-state index contributed by atoms with van der Waals surface area (Å²) in [6, 6.07) is 10.7. The highest BCUT2D eigenvalue weighted by molar-refractivity contribution is 5.99. The maximum atomic E-state index is 12.6. The van der Waals surface area contributed by atoms with Gasteiger partial charge in [-0.2, -0.15) is 0 Å². The number of amides is 1. The number of hydrogen-bond acceptors (Lipinski definition) is 6. The zero-order valence-corrected chi connectivity index (χ0v) is 16.6. The van der Waals surface area contributed by atoms with E-state index in [2.05, 4.69) is 15.3 Å². The van der Waals surface area contributed by atoms with Crippen molar-refractivity contribution in [3.05, 3.63) is 66.0 Å². The van der Waals surface area contributed by atoms with Gasteiger partial charge in [-0.25, -0.2) is 4.79 Å². The molecule has 1 heterocycles. The quantitative estimate of drug-likeness (QED) is 0.332. The molecule has 0 aliphatic heterocycles. The lowest BCUT2D eigenvalue weighted by Gasteiger charge is -2.20. The van der Waals surface area contributed by atoms with E-state index in [9.17, 15) is 14.4 Å². The Balaban J connectivity index is 2.12. The van der Waals surface area contributed by atoms with Gasteiger partial charge in [0.1, 0.15) is 12.4 Å². The van der Waals surface area contributed by atoms with Crippen molar-refractivity contribution in [3.63, 3.8) is 0 Å². The van der Waals surface area contributed by atoms with E-state index < -0.39 is 29.3 Å². The molecule has 0 fully saturated rings. The summed E-state index contributed by atoms with van der Waals surface area (Å²) in [7, 11) is 0. The molecule has 0 saturated carbocycles. The Morgan fingerprint density at radius 2 is 1.72 bits per heavy atom. The number of benzene rings is 1. The lowest BCUT2D eigenvalue weighted by atomic mass is 9.97. The first-order valence-corrected chi connectivity index (χ1v) is 8.99. The Labute approximate surface area is 169 Å². The van der Waals surface area contributed by atoms with E-state index in [1.54, 1.807) is 75.6 Å². The molecule has 0 aliphatic carbocycles. The van der Waals surface area contributed by atoms with Gasteiger partial charge in [-0.15, -0.1) is 0 Å². The molecule has 152 valence electrons. The Morgan fingerprint density at radius 1 is 1.10 bits per heavy atom. The lowest BCUT2D eigenvalue weighted by Crippen LogP contribution is -2.38. The number of nitrogens with one attached hydrogen (secondary N) is 1. The first kappa shape index (κ1) is 21.7. The maximum absolute atomic E-state index is 12.6. The summed E-state index contributed by atoms with van der Waals surface area (Å²) in [5.41, 5.74) is 6.12. The van der Waals surface area contributed by atoms with Crippen LogP contribution in [-0.2, 0) is 19.1 Å². The summed E-state index contributed by atoms with van der Waals surface area (Å²) in [6.07, 6.45) is 3.12. The standard InChI is InChI=1S/C21H24N4O4/c1-21(2,3)20(28)29-19(27)17(14-7-5-4-6-8-14)25-16(26)13-24-18(22)15-9-11-23-12-10-15/h4-12,17H,13H2,1-3H3,(H2,22,24)(H,25,26)/t17-/m1/s1. The molecule has 8 nitrogen and oxygen atoms in total. The van der Waals surface area contributed by atoms with Crippen LogP contribution in [0.3, 0.4) is 0 Å². The summed E-state index contributed by atoms with van der Waals surface area (Å²) >= 11 is 0. The Kier molecular flexibility index (Phi) is 7.19. The molecule has 1 aromatic heterocycles. The number of aliphatic imine (C=N–C) groups is 1. The Bertz CT molecular complexity index is 890. The molecular weight excluding hydrogens is 372 g/mol. The van der Waals surface area contributed by atoms with Crippen LogP contribution in [0.15, 0.2) is 59.9 Å². The van der Waals surface area contributed by atoms with Crippen molar-refractivity contribution in [2.24, 2.45) is 16.1 Å². The van der Waals surface area contributed by atoms with E-state index in [0.29, 0.717) is 11.1 Å². The number of nitrogens with zero attached hydrogens (tertiary/aromatic N) is 2. The van der Waals surface area contributed by atoms with Crippen molar-refractivity contribution in [2.45, 2.75) is 26.8 Å². The monoisotopic (exact) mass is 396 g/mol.